The molecule has 0 radical (unpaired) electrons. The van der Waals surface area contributed by atoms with Crippen molar-refractivity contribution in [3.8, 4) is 0 Å². The van der Waals surface area contributed by atoms with Crippen molar-refractivity contribution in [3.05, 3.63) is 42.1 Å². The largest absolute Gasteiger partial charge is 0.467 e. The van der Waals surface area contributed by atoms with Gasteiger partial charge in [-0.3, -0.25) is 9.48 Å². The number of amides is 1. The molecule has 1 fully saturated rings. The van der Waals surface area contributed by atoms with Crippen LogP contribution in [0.25, 0.3) is 0 Å². The smallest absolute Gasteiger partial charge is 0.274 e. The molecule has 0 N–H and O–H groups in total. The molecule has 1 unspecified atom stereocenters. The molecule has 5 heteroatoms. The average molecular weight is 245 g/mol. The molecule has 1 aliphatic heterocycles. The second kappa shape index (κ2) is 4.33. The van der Waals surface area contributed by atoms with Crippen molar-refractivity contribution < 1.29 is 9.21 Å². The van der Waals surface area contributed by atoms with E-state index in [0.29, 0.717) is 5.69 Å². The number of aromatic nitrogens is 2. The number of hydrogen-bond acceptors (Lipinski definition) is 3. The van der Waals surface area contributed by atoms with Crippen molar-refractivity contribution in [2.75, 3.05) is 6.54 Å². The van der Waals surface area contributed by atoms with Crippen LogP contribution in [-0.4, -0.2) is 27.1 Å². The Morgan fingerprint density at radius 2 is 2.39 bits per heavy atom. The zero-order chi connectivity index (χ0) is 12.5. The second-order valence-corrected chi connectivity index (χ2v) is 4.55. The van der Waals surface area contributed by atoms with Crippen LogP contribution < -0.4 is 0 Å². The Morgan fingerprint density at radius 3 is 3.06 bits per heavy atom. The van der Waals surface area contributed by atoms with Gasteiger partial charge in [-0.2, -0.15) is 5.10 Å². The summed E-state index contributed by atoms with van der Waals surface area (Å²) >= 11 is 0. The van der Waals surface area contributed by atoms with Gasteiger partial charge in [0.25, 0.3) is 5.91 Å². The highest BCUT2D eigenvalue weighted by molar-refractivity contribution is 5.92. The van der Waals surface area contributed by atoms with Crippen molar-refractivity contribution >= 4 is 5.91 Å². The third-order valence-electron chi connectivity index (χ3n) is 3.32. The summed E-state index contributed by atoms with van der Waals surface area (Å²) in [4.78, 5) is 14.2. The van der Waals surface area contributed by atoms with Gasteiger partial charge < -0.3 is 9.32 Å². The fourth-order valence-corrected chi connectivity index (χ4v) is 2.46. The third-order valence-corrected chi connectivity index (χ3v) is 3.32. The number of nitrogens with zero attached hydrogens (tertiary/aromatic N) is 3. The van der Waals surface area contributed by atoms with Gasteiger partial charge in [-0.05, 0) is 31.0 Å². The number of aryl methyl sites for hydroxylation is 1. The monoisotopic (exact) mass is 245 g/mol. The normalized spacial score (nSPS) is 19.4. The topological polar surface area (TPSA) is 51.3 Å². The Morgan fingerprint density at radius 1 is 1.50 bits per heavy atom. The van der Waals surface area contributed by atoms with E-state index in [-0.39, 0.29) is 11.9 Å². The molecule has 1 saturated heterocycles. The van der Waals surface area contributed by atoms with Gasteiger partial charge in [0.1, 0.15) is 11.5 Å². The lowest BCUT2D eigenvalue weighted by atomic mass is 10.1. The molecule has 5 nitrogen and oxygen atoms in total. The lowest BCUT2D eigenvalue weighted by molar-refractivity contribution is 0.0713. The molecule has 3 rings (SSSR count). The molecular formula is C13H15N3O2. The lowest BCUT2D eigenvalue weighted by Gasteiger charge is -2.22. The summed E-state index contributed by atoms with van der Waals surface area (Å²) in [5.41, 5.74) is 0.496. The summed E-state index contributed by atoms with van der Waals surface area (Å²) in [6, 6.07) is 5.58. The van der Waals surface area contributed by atoms with E-state index >= 15 is 0 Å². The Labute approximate surface area is 105 Å². The first kappa shape index (κ1) is 11.1. The van der Waals surface area contributed by atoms with Crippen molar-refractivity contribution in [2.45, 2.75) is 18.9 Å². The highest BCUT2D eigenvalue weighted by Gasteiger charge is 2.33. The van der Waals surface area contributed by atoms with E-state index < -0.39 is 0 Å². The number of carbonyl (C=O) groups is 1. The van der Waals surface area contributed by atoms with Crippen molar-refractivity contribution in [3.63, 3.8) is 0 Å². The van der Waals surface area contributed by atoms with Gasteiger partial charge in [-0.25, -0.2) is 0 Å². The Bertz CT molecular complexity index is 544. The van der Waals surface area contributed by atoms with E-state index in [1.165, 1.54) is 0 Å². The molecule has 0 spiro atoms. The predicted molar refractivity (Wildman–Crippen MR) is 64.9 cm³/mol. The number of carbonyl (C=O) groups excluding carboxylic acids is 1. The van der Waals surface area contributed by atoms with Gasteiger partial charge in [0.2, 0.25) is 0 Å². The summed E-state index contributed by atoms with van der Waals surface area (Å²) in [6.45, 7) is 0.765. The van der Waals surface area contributed by atoms with Gasteiger partial charge in [0, 0.05) is 19.8 Å². The number of rotatable bonds is 2. The van der Waals surface area contributed by atoms with Crippen LogP contribution in [0.3, 0.4) is 0 Å². The van der Waals surface area contributed by atoms with E-state index in [1.807, 2.05) is 24.1 Å². The average Bonchev–Trinajstić information content (AvgIpc) is 3.08. The minimum atomic E-state index is -0.0190. The number of furan rings is 1. The minimum absolute atomic E-state index is 0.0190. The Kier molecular flexibility index (Phi) is 2.66. The summed E-state index contributed by atoms with van der Waals surface area (Å²) in [7, 11) is 1.81. The van der Waals surface area contributed by atoms with Gasteiger partial charge in [-0.1, -0.05) is 0 Å². The van der Waals surface area contributed by atoms with Crippen molar-refractivity contribution in [1.82, 2.24) is 14.7 Å². The maximum Gasteiger partial charge on any atom is 0.274 e. The first-order valence-corrected chi connectivity index (χ1v) is 6.10. The maximum atomic E-state index is 12.4. The first-order chi connectivity index (χ1) is 8.75. The fraction of sp³-hybridized carbons (Fsp3) is 0.385. The molecule has 3 heterocycles. The van der Waals surface area contributed by atoms with Crippen LogP contribution in [0, 0.1) is 0 Å². The zero-order valence-corrected chi connectivity index (χ0v) is 10.2. The fourth-order valence-electron chi connectivity index (χ4n) is 2.46. The van der Waals surface area contributed by atoms with Crippen LogP contribution in [0.1, 0.15) is 35.1 Å². The van der Waals surface area contributed by atoms with Crippen molar-refractivity contribution in [2.24, 2.45) is 7.05 Å². The van der Waals surface area contributed by atoms with Crippen LogP contribution >= 0.6 is 0 Å². The SMILES string of the molecule is Cn1ccc(C(=O)N2CCCC2c2ccco2)n1. The quantitative estimate of drug-likeness (QED) is 0.813. The van der Waals surface area contributed by atoms with Crippen LogP contribution in [-0.2, 0) is 7.05 Å². The summed E-state index contributed by atoms with van der Waals surface area (Å²) in [5.74, 6) is 0.839. The zero-order valence-electron chi connectivity index (χ0n) is 10.2. The van der Waals surface area contributed by atoms with Gasteiger partial charge in [0.15, 0.2) is 0 Å². The summed E-state index contributed by atoms with van der Waals surface area (Å²) < 4.78 is 7.06. The first-order valence-electron chi connectivity index (χ1n) is 6.10. The number of hydrogen-bond donors (Lipinski definition) is 0. The molecule has 1 amide bonds. The molecule has 1 atom stereocenters. The highest BCUT2D eigenvalue weighted by Crippen LogP contribution is 2.32. The minimum Gasteiger partial charge on any atom is -0.467 e. The highest BCUT2D eigenvalue weighted by atomic mass is 16.3. The summed E-state index contributed by atoms with van der Waals surface area (Å²) in [5, 5.41) is 4.17. The standard InChI is InChI=1S/C13H15N3O2/c1-15-8-6-10(14-15)13(17)16-7-2-4-11(16)12-5-3-9-18-12/h3,5-6,8-9,11H,2,4,7H2,1H3. The van der Waals surface area contributed by atoms with Gasteiger partial charge in [0.05, 0.1) is 12.3 Å². The number of likely N-dealkylation sites (tertiary alicyclic amines) is 1. The predicted octanol–water partition coefficient (Wildman–Crippen LogP) is 1.99. The molecule has 1 aliphatic rings. The van der Waals surface area contributed by atoms with Crippen LogP contribution in [0.5, 0.6) is 0 Å². The molecule has 2 aromatic heterocycles. The van der Waals surface area contributed by atoms with Crippen LogP contribution in [0.4, 0.5) is 0 Å². The van der Waals surface area contributed by atoms with Gasteiger partial charge >= 0.3 is 0 Å². The second-order valence-electron chi connectivity index (χ2n) is 4.55. The molecule has 18 heavy (non-hydrogen) atoms. The molecular weight excluding hydrogens is 230 g/mol. The lowest BCUT2D eigenvalue weighted by Crippen LogP contribution is -2.30. The van der Waals surface area contributed by atoms with E-state index in [0.717, 1.165) is 25.1 Å². The van der Waals surface area contributed by atoms with E-state index in [2.05, 4.69) is 5.10 Å². The van der Waals surface area contributed by atoms with Gasteiger partial charge in [-0.15, -0.1) is 0 Å². The summed E-state index contributed by atoms with van der Waals surface area (Å²) in [6.07, 6.45) is 5.39. The molecule has 94 valence electrons. The van der Waals surface area contributed by atoms with Crippen molar-refractivity contribution in [1.29, 1.82) is 0 Å². The molecule has 0 aromatic carbocycles. The van der Waals surface area contributed by atoms with E-state index in [9.17, 15) is 4.79 Å². The van der Waals surface area contributed by atoms with Crippen LogP contribution in [0.15, 0.2) is 35.1 Å². The molecule has 0 aliphatic carbocycles. The van der Waals surface area contributed by atoms with E-state index in [4.69, 9.17) is 4.42 Å². The third kappa shape index (κ3) is 1.81. The Hall–Kier alpha value is -2.04. The maximum absolute atomic E-state index is 12.4. The van der Waals surface area contributed by atoms with E-state index in [1.54, 1.807) is 23.2 Å². The van der Waals surface area contributed by atoms with Crippen LogP contribution in [0.2, 0.25) is 0 Å². The molecule has 0 bridgehead atoms. The molecule has 0 saturated carbocycles. The Balaban J connectivity index is 1.85. The molecule has 2 aromatic rings.